The highest BCUT2D eigenvalue weighted by atomic mass is 32.2. The second-order valence-corrected chi connectivity index (χ2v) is 11.2. The Labute approximate surface area is 212 Å². The van der Waals surface area contributed by atoms with Crippen molar-refractivity contribution in [2.24, 2.45) is 0 Å². The van der Waals surface area contributed by atoms with Crippen LogP contribution in [0.1, 0.15) is 43.4 Å². The number of ketones is 1. The highest BCUT2D eigenvalue weighted by molar-refractivity contribution is 8.00. The number of phenols is 1. The number of Topliss-reactive ketones (excluding diaryl/α,β-unsaturated/α-hetero) is 1. The molecule has 2 aromatic rings. The molecule has 0 radical (unpaired) electrons. The highest BCUT2D eigenvalue weighted by Gasteiger charge is 2.49. The van der Waals surface area contributed by atoms with Gasteiger partial charge in [0, 0.05) is 23.8 Å². The number of thioether (sulfide) groups is 1. The molecule has 1 saturated heterocycles. The first-order valence-corrected chi connectivity index (χ1v) is 12.9. The molecule has 0 saturated carbocycles. The molecule has 1 amide bonds. The van der Waals surface area contributed by atoms with Crippen LogP contribution in [0.25, 0.3) is 0 Å². The molecule has 0 aliphatic carbocycles. The van der Waals surface area contributed by atoms with Crippen molar-refractivity contribution in [1.82, 2.24) is 10.2 Å². The Bertz CT molecular complexity index is 1040. The first-order valence-electron chi connectivity index (χ1n) is 12.0. The molecule has 3 rings (SSSR count). The topological polar surface area (TPSA) is 89.9 Å². The van der Waals surface area contributed by atoms with Gasteiger partial charge >= 0.3 is 0 Å². The standard InChI is InChI=1S/C28H36N2O4S/c1-5-6-14-24(32)26-28(3,4)35-18-30(26)27(34)25(33)22(16-20-11-8-7-9-12-20)29-17-21-13-10-15-23(31)19(21)2/h5,7-13,15,22,25-26,29,31,33H,1,6,14,16-18H2,2-4H3/t22-,25-,26+/m0/s1. The fourth-order valence-electron chi connectivity index (χ4n) is 4.51. The van der Waals surface area contributed by atoms with Crippen LogP contribution in [-0.2, 0) is 22.6 Å². The number of phenolic OH excluding ortho intramolecular Hbond substituents is 1. The maximum atomic E-state index is 13.6. The summed E-state index contributed by atoms with van der Waals surface area (Å²) < 4.78 is -0.436. The van der Waals surface area contributed by atoms with Crippen molar-refractivity contribution in [3.05, 3.63) is 77.9 Å². The van der Waals surface area contributed by atoms with Crippen molar-refractivity contribution in [3.63, 3.8) is 0 Å². The number of benzene rings is 2. The molecular weight excluding hydrogens is 460 g/mol. The number of aromatic hydroxyl groups is 1. The van der Waals surface area contributed by atoms with E-state index in [-0.39, 0.29) is 11.5 Å². The monoisotopic (exact) mass is 496 g/mol. The summed E-state index contributed by atoms with van der Waals surface area (Å²) >= 11 is 1.55. The minimum Gasteiger partial charge on any atom is -0.508 e. The zero-order chi connectivity index (χ0) is 25.6. The van der Waals surface area contributed by atoms with E-state index in [0.717, 1.165) is 16.7 Å². The molecule has 188 valence electrons. The molecule has 2 aromatic carbocycles. The summed E-state index contributed by atoms with van der Waals surface area (Å²) in [6.45, 7) is 9.85. The van der Waals surface area contributed by atoms with Crippen LogP contribution in [-0.4, -0.2) is 55.6 Å². The molecule has 1 heterocycles. The Morgan fingerprint density at radius 3 is 2.63 bits per heavy atom. The first kappa shape index (κ1) is 27.0. The van der Waals surface area contributed by atoms with Gasteiger partial charge in [0.25, 0.3) is 5.91 Å². The van der Waals surface area contributed by atoms with Gasteiger partial charge in [0.05, 0.1) is 5.88 Å². The largest absolute Gasteiger partial charge is 0.508 e. The van der Waals surface area contributed by atoms with E-state index in [1.807, 2.05) is 57.2 Å². The van der Waals surface area contributed by atoms with Gasteiger partial charge in [0.2, 0.25) is 0 Å². The Morgan fingerprint density at radius 1 is 1.23 bits per heavy atom. The molecule has 1 aliphatic heterocycles. The molecular formula is C28H36N2O4S. The van der Waals surface area contributed by atoms with Crippen LogP contribution in [0.15, 0.2) is 61.2 Å². The number of aliphatic hydroxyl groups excluding tert-OH is 1. The lowest BCUT2D eigenvalue weighted by atomic mass is 9.93. The zero-order valence-corrected chi connectivity index (χ0v) is 21.6. The van der Waals surface area contributed by atoms with Crippen molar-refractivity contribution in [2.75, 3.05) is 5.88 Å². The molecule has 1 aliphatic rings. The van der Waals surface area contributed by atoms with Gasteiger partial charge in [-0.2, -0.15) is 0 Å². The summed E-state index contributed by atoms with van der Waals surface area (Å²) in [4.78, 5) is 28.2. The van der Waals surface area contributed by atoms with Gasteiger partial charge in [0.15, 0.2) is 5.78 Å². The third-order valence-electron chi connectivity index (χ3n) is 6.63. The van der Waals surface area contributed by atoms with Crippen LogP contribution in [0.5, 0.6) is 5.75 Å². The number of aliphatic hydroxyl groups is 1. The molecule has 7 heteroatoms. The molecule has 3 atom stereocenters. The Morgan fingerprint density at radius 2 is 1.94 bits per heavy atom. The van der Waals surface area contributed by atoms with Crippen molar-refractivity contribution in [1.29, 1.82) is 0 Å². The molecule has 6 nitrogen and oxygen atoms in total. The number of carbonyl (C=O) groups is 2. The zero-order valence-electron chi connectivity index (χ0n) is 20.7. The van der Waals surface area contributed by atoms with E-state index < -0.39 is 28.8 Å². The third kappa shape index (κ3) is 6.54. The summed E-state index contributed by atoms with van der Waals surface area (Å²) in [5, 5.41) is 24.7. The maximum absolute atomic E-state index is 13.6. The third-order valence-corrected chi connectivity index (χ3v) is 8.01. The molecule has 3 N–H and O–H groups in total. The van der Waals surface area contributed by atoms with Crippen LogP contribution in [0.4, 0.5) is 0 Å². The number of rotatable bonds is 11. The van der Waals surface area contributed by atoms with Crippen LogP contribution in [0.2, 0.25) is 0 Å². The molecule has 1 fully saturated rings. The molecule has 0 unspecified atom stereocenters. The fourth-order valence-corrected chi connectivity index (χ4v) is 5.67. The SMILES string of the molecule is C=CCCC(=O)[C@H]1N(C(=O)[C@@H](O)[C@H](Cc2ccccc2)NCc2cccc(O)c2C)CSC1(C)C. The van der Waals surface area contributed by atoms with Gasteiger partial charge in [-0.1, -0.05) is 48.5 Å². The van der Waals surface area contributed by atoms with Gasteiger partial charge in [0.1, 0.15) is 17.9 Å². The van der Waals surface area contributed by atoms with Gasteiger partial charge in [-0.3, -0.25) is 9.59 Å². The summed E-state index contributed by atoms with van der Waals surface area (Å²) in [6, 6.07) is 13.8. The molecule has 0 spiro atoms. The van der Waals surface area contributed by atoms with E-state index in [2.05, 4.69) is 11.9 Å². The van der Waals surface area contributed by atoms with Crippen LogP contribution in [0, 0.1) is 6.92 Å². The number of hydrogen-bond donors (Lipinski definition) is 3. The number of hydrogen-bond acceptors (Lipinski definition) is 6. The molecule has 0 bridgehead atoms. The number of nitrogens with zero attached hydrogens (tertiary/aromatic N) is 1. The minimum absolute atomic E-state index is 0.0107. The normalized spacial score (nSPS) is 18.7. The second-order valence-electron chi connectivity index (χ2n) is 9.56. The maximum Gasteiger partial charge on any atom is 0.254 e. The van der Waals surface area contributed by atoms with Crippen molar-refractivity contribution in [2.45, 2.75) is 69.5 Å². The van der Waals surface area contributed by atoms with Crippen LogP contribution in [0.3, 0.4) is 0 Å². The van der Waals surface area contributed by atoms with E-state index in [1.165, 1.54) is 0 Å². The van der Waals surface area contributed by atoms with Gasteiger partial charge in [-0.25, -0.2) is 0 Å². The number of carbonyl (C=O) groups excluding carboxylic acids is 2. The minimum atomic E-state index is -1.34. The quantitative estimate of drug-likeness (QED) is 0.408. The summed E-state index contributed by atoms with van der Waals surface area (Å²) in [6.07, 6.45) is 1.68. The summed E-state index contributed by atoms with van der Waals surface area (Å²) in [7, 11) is 0. The van der Waals surface area contributed by atoms with Gasteiger partial charge in [-0.15, -0.1) is 18.3 Å². The number of allylic oxidation sites excluding steroid dienone is 1. The predicted octanol–water partition coefficient (Wildman–Crippen LogP) is 3.98. The Hall–Kier alpha value is -2.61. The second kappa shape index (κ2) is 11.9. The van der Waals surface area contributed by atoms with E-state index in [9.17, 15) is 19.8 Å². The van der Waals surface area contributed by atoms with E-state index in [0.29, 0.717) is 31.7 Å². The predicted molar refractivity (Wildman–Crippen MR) is 141 cm³/mol. The van der Waals surface area contributed by atoms with Gasteiger partial charge < -0.3 is 20.4 Å². The molecule has 35 heavy (non-hydrogen) atoms. The van der Waals surface area contributed by atoms with E-state index in [1.54, 1.807) is 34.9 Å². The van der Waals surface area contributed by atoms with Crippen LogP contribution >= 0.6 is 11.8 Å². The lowest BCUT2D eigenvalue weighted by Gasteiger charge is -2.33. The Balaban J connectivity index is 1.82. The average molecular weight is 497 g/mol. The number of amides is 1. The number of nitrogens with one attached hydrogen (secondary N) is 1. The molecule has 0 aromatic heterocycles. The lowest BCUT2D eigenvalue weighted by Crippen LogP contribution is -2.56. The lowest BCUT2D eigenvalue weighted by molar-refractivity contribution is -0.146. The van der Waals surface area contributed by atoms with Crippen molar-refractivity contribution in [3.8, 4) is 5.75 Å². The van der Waals surface area contributed by atoms with Crippen molar-refractivity contribution >= 4 is 23.5 Å². The van der Waals surface area contributed by atoms with E-state index in [4.69, 9.17) is 0 Å². The van der Waals surface area contributed by atoms with E-state index >= 15 is 0 Å². The fraction of sp³-hybridized carbons (Fsp3) is 0.429. The average Bonchev–Trinajstić information content (AvgIpc) is 3.17. The summed E-state index contributed by atoms with van der Waals surface area (Å²) in [5.74, 6) is 0.110. The van der Waals surface area contributed by atoms with Gasteiger partial charge in [-0.05, 0) is 56.4 Å². The van der Waals surface area contributed by atoms with Crippen LogP contribution < -0.4 is 5.32 Å². The Kier molecular flexibility index (Phi) is 9.16. The first-order chi connectivity index (χ1) is 16.7. The summed E-state index contributed by atoms with van der Waals surface area (Å²) in [5.41, 5.74) is 2.63. The highest BCUT2D eigenvalue weighted by Crippen LogP contribution is 2.40. The smallest absolute Gasteiger partial charge is 0.254 e. The van der Waals surface area contributed by atoms with Crippen molar-refractivity contribution < 1.29 is 19.8 Å².